The highest BCUT2D eigenvalue weighted by Gasteiger charge is 2.43. The van der Waals surface area contributed by atoms with Crippen LogP contribution in [-0.4, -0.2) is 17.7 Å². The Morgan fingerprint density at radius 2 is 1.84 bits per heavy atom. The minimum Gasteiger partial charge on any atom is -0.424 e. The van der Waals surface area contributed by atoms with E-state index in [0.717, 1.165) is 11.3 Å². The van der Waals surface area contributed by atoms with E-state index in [-0.39, 0.29) is 17.1 Å². The SMILES string of the molecule is CC(=O)Oc1cccc2c1NC1=C(C(=O)CC(C)(C)C1)C(c1cccc(Cl)c1)N2C(C)=O. The lowest BCUT2D eigenvalue weighted by Crippen LogP contribution is -2.38. The number of nitrogens with zero attached hydrogens (tertiary/aromatic N) is 1. The van der Waals surface area contributed by atoms with Crippen molar-refractivity contribution in [1.29, 1.82) is 0 Å². The molecule has 1 unspecified atom stereocenters. The number of esters is 1. The van der Waals surface area contributed by atoms with Crippen LogP contribution in [0.2, 0.25) is 5.02 Å². The topological polar surface area (TPSA) is 75.7 Å². The Morgan fingerprint density at radius 1 is 1.12 bits per heavy atom. The van der Waals surface area contributed by atoms with Crippen LogP contribution >= 0.6 is 11.6 Å². The number of Topliss-reactive ketones (excluding diaryl/α,β-unsaturated/α-hetero) is 1. The van der Waals surface area contributed by atoms with Gasteiger partial charge in [-0.2, -0.15) is 0 Å². The molecule has 0 spiro atoms. The Morgan fingerprint density at radius 3 is 2.50 bits per heavy atom. The van der Waals surface area contributed by atoms with E-state index in [4.69, 9.17) is 16.3 Å². The molecule has 2 aliphatic rings. The number of ketones is 1. The zero-order valence-electron chi connectivity index (χ0n) is 18.5. The lowest BCUT2D eigenvalue weighted by atomic mass is 9.73. The summed E-state index contributed by atoms with van der Waals surface area (Å²) in [4.78, 5) is 39.9. The molecule has 1 aliphatic heterocycles. The maximum Gasteiger partial charge on any atom is 0.308 e. The molecule has 0 aromatic heterocycles. The summed E-state index contributed by atoms with van der Waals surface area (Å²) in [5, 5.41) is 3.89. The summed E-state index contributed by atoms with van der Waals surface area (Å²) in [5.41, 5.74) is 2.75. The molecule has 32 heavy (non-hydrogen) atoms. The van der Waals surface area contributed by atoms with E-state index in [2.05, 4.69) is 5.32 Å². The molecule has 0 saturated heterocycles. The molecule has 1 amide bonds. The first kappa shape index (κ1) is 22.1. The predicted octanol–water partition coefficient (Wildman–Crippen LogP) is 5.43. The number of allylic oxidation sites excluding steroid dienone is 1. The smallest absolute Gasteiger partial charge is 0.308 e. The molecule has 6 nitrogen and oxygen atoms in total. The van der Waals surface area contributed by atoms with Crippen LogP contribution in [0.15, 0.2) is 53.7 Å². The summed E-state index contributed by atoms with van der Waals surface area (Å²) in [6, 6.07) is 11.7. The van der Waals surface area contributed by atoms with Crippen molar-refractivity contribution >= 4 is 40.6 Å². The van der Waals surface area contributed by atoms with Crippen LogP contribution in [-0.2, 0) is 14.4 Å². The fourth-order valence-electron chi connectivity index (χ4n) is 4.61. The Balaban J connectivity index is 2.04. The van der Waals surface area contributed by atoms with E-state index in [1.165, 1.54) is 13.8 Å². The molecular formula is C25H25ClN2O4. The Bertz CT molecular complexity index is 1170. The number of hydrogen-bond acceptors (Lipinski definition) is 5. The molecule has 2 aromatic carbocycles. The largest absolute Gasteiger partial charge is 0.424 e. The summed E-state index contributed by atoms with van der Waals surface area (Å²) >= 11 is 6.29. The van der Waals surface area contributed by atoms with Gasteiger partial charge in [0, 0.05) is 36.6 Å². The fourth-order valence-corrected chi connectivity index (χ4v) is 4.81. The Kier molecular flexibility index (Phi) is 5.59. The highest BCUT2D eigenvalue weighted by molar-refractivity contribution is 6.30. The molecule has 1 atom stereocenters. The van der Waals surface area contributed by atoms with Crippen LogP contribution in [0.4, 0.5) is 11.4 Å². The van der Waals surface area contributed by atoms with Crippen LogP contribution in [0.25, 0.3) is 0 Å². The van der Waals surface area contributed by atoms with Crippen molar-refractivity contribution in [3.8, 4) is 5.75 Å². The van der Waals surface area contributed by atoms with Crippen LogP contribution in [0, 0.1) is 5.41 Å². The molecule has 0 bridgehead atoms. The normalized spacial score (nSPS) is 19.5. The number of anilines is 2. The first-order chi connectivity index (χ1) is 15.1. The van der Waals surface area contributed by atoms with Gasteiger partial charge in [-0.1, -0.05) is 43.6 Å². The van der Waals surface area contributed by atoms with Crippen LogP contribution < -0.4 is 15.0 Å². The lowest BCUT2D eigenvalue weighted by Gasteiger charge is -2.36. The number of fused-ring (bicyclic) bond motifs is 1. The minimum atomic E-state index is -0.661. The third-order valence-electron chi connectivity index (χ3n) is 5.75. The standard InChI is InChI=1S/C25H25ClN2O4/c1-14(29)28-19-9-6-10-21(32-15(2)30)23(19)27-18-12-25(3,4)13-20(31)22(18)24(28)16-7-5-8-17(26)11-16/h5-11,24,27H,12-13H2,1-4H3. The van der Waals surface area contributed by atoms with Crippen molar-refractivity contribution in [3.63, 3.8) is 0 Å². The Hall–Kier alpha value is -3.12. The number of hydrogen-bond donors (Lipinski definition) is 1. The molecule has 0 saturated carbocycles. The first-order valence-electron chi connectivity index (χ1n) is 10.5. The molecule has 2 aromatic rings. The van der Waals surface area contributed by atoms with Crippen molar-refractivity contribution in [3.05, 3.63) is 64.3 Å². The number of carbonyl (C=O) groups is 3. The maximum atomic E-state index is 13.5. The summed E-state index contributed by atoms with van der Waals surface area (Å²) in [7, 11) is 0. The predicted molar refractivity (Wildman–Crippen MR) is 124 cm³/mol. The second-order valence-corrected chi connectivity index (χ2v) is 9.49. The van der Waals surface area contributed by atoms with Gasteiger partial charge in [0.05, 0.1) is 11.7 Å². The molecule has 1 N–H and O–H groups in total. The van der Waals surface area contributed by atoms with Crippen LogP contribution in [0.3, 0.4) is 0 Å². The second kappa shape index (κ2) is 8.10. The van der Waals surface area contributed by atoms with Gasteiger partial charge in [0.25, 0.3) is 0 Å². The summed E-state index contributed by atoms with van der Waals surface area (Å²) in [6.07, 6.45) is 0.966. The number of ether oxygens (including phenoxy) is 1. The van der Waals surface area contributed by atoms with E-state index in [0.29, 0.717) is 40.6 Å². The van der Waals surface area contributed by atoms with Crippen LogP contribution in [0.1, 0.15) is 52.1 Å². The highest BCUT2D eigenvalue weighted by atomic mass is 35.5. The number of carbonyl (C=O) groups excluding carboxylic acids is 3. The van der Waals surface area contributed by atoms with E-state index in [1.54, 1.807) is 35.2 Å². The van der Waals surface area contributed by atoms with Gasteiger partial charge in [-0.15, -0.1) is 0 Å². The lowest BCUT2D eigenvalue weighted by molar-refractivity contribution is -0.131. The average Bonchev–Trinajstić information content (AvgIpc) is 2.81. The molecule has 1 aliphatic carbocycles. The van der Waals surface area contributed by atoms with Gasteiger partial charge in [-0.25, -0.2) is 0 Å². The van der Waals surface area contributed by atoms with Gasteiger partial charge < -0.3 is 10.1 Å². The maximum absolute atomic E-state index is 13.5. The monoisotopic (exact) mass is 452 g/mol. The molecule has 0 fully saturated rings. The van der Waals surface area contributed by atoms with Gasteiger partial charge >= 0.3 is 5.97 Å². The fraction of sp³-hybridized carbons (Fsp3) is 0.320. The number of amides is 1. The summed E-state index contributed by atoms with van der Waals surface area (Å²) in [5.74, 6) is -0.443. The van der Waals surface area contributed by atoms with Crippen molar-refractivity contribution in [1.82, 2.24) is 0 Å². The first-order valence-corrected chi connectivity index (χ1v) is 10.8. The van der Waals surface area contributed by atoms with Crippen LogP contribution in [0.5, 0.6) is 5.75 Å². The van der Waals surface area contributed by atoms with Crippen molar-refractivity contribution < 1.29 is 19.1 Å². The molecule has 0 radical (unpaired) electrons. The quantitative estimate of drug-likeness (QED) is 0.485. The van der Waals surface area contributed by atoms with Crippen molar-refractivity contribution in [2.24, 2.45) is 5.41 Å². The zero-order chi connectivity index (χ0) is 23.2. The molecular weight excluding hydrogens is 428 g/mol. The second-order valence-electron chi connectivity index (χ2n) is 9.05. The average molecular weight is 453 g/mol. The van der Waals surface area contributed by atoms with E-state index in [1.807, 2.05) is 26.0 Å². The zero-order valence-corrected chi connectivity index (χ0v) is 19.2. The number of nitrogens with one attached hydrogen (secondary N) is 1. The van der Waals surface area contributed by atoms with Gasteiger partial charge in [0.15, 0.2) is 11.5 Å². The molecule has 7 heteroatoms. The summed E-state index contributed by atoms with van der Waals surface area (Å²) < 4.78 is 5.45. The minimum absolute atomic E-state index is 0.0261. The molecule has 166 valence electrons. The Labute approximate surface area is 192 Å². The van der Waals surface area contributed by atoms with Crippen molar-refractivity contribution in [2.45, 2.75) is 46.6 Å². The molecule has 4 rings (SSSR count). The number of halogens is 1. The third kappa shape index (κ3) is 4.02. The molecule has 1 heterocycles. The van der Waals surface area contributed by atoms with E-state index in [9.17, 15) is 14.4 Å². The highest BCUT2D eigenvalue weighted by Crippen LogP contribution is 2.50. The van der Waals surface area contributed by atoms with Gasteiger partial charge in [-0.3, -0.25) is 19.3 Å². The van der Waals surface area contributed by atoms with Gasteiger partial charge in [0.1, 0.15) is 5.69 Å². The van der Waals surface area contributed by atoms with Gasteiger partial charge in [0.2, 0.25) is 5.91 Å². The van der Waals surface area contributed by atoms with Crippen molar-refractivity contribution in [2.75, 3.05) is 10.2 Å². The van der Waals surface area contributed by atoms with Gasteiger partial charge in [-0.05, 0) is 41.7 Å². The summed E-state index contributed by atoms with van der Waals surface area (Å²) in [6.45, 7) is 6.86. The number of rotatable bonds is 2. The van der Waals surface area contributed by atoms with E-state index >= 15 is 0 Å². The van der Waals surface area contributed by atoms with E-state index < -0.39 is 12.0 Å². The number of benzene rings is 2. The third-order valence-corrected chi connectivity index (χ3v) is 5.98. The number of para-hydroxylation sites is 1.